The predicted octanol–water partition coefficient (Wildman–Crippen LogP) is 11.8. The molecule has 0 aliphatic heterocycles. The van der Waals surface area contributed by atoms with Crippen LogP contribution in [-0.4, -0.2) is 58.3 Å². The van der Waals surface area contributed by atoms with Crippen LogP contribution < -0.4 is 5.43 Å². The highest BCUT2D eigenvalue weighted by molar-refractivity contribution is 4.68. The summed E-state index contributed by atoms with van der Waals surface area (Å²) in [5.74, 6) is 0. The fraction of sp³-hybridized carbons (Fsp3) is 1.00. The summed E-state index contributed by atoms with van der Waals surface area (Å²) in [5, 5.41) is 33.2. The van der Waals surface area contributed by atoms with E-state index in [0.717, 1.165) is 51.5 Å². The third kappa shape index (κ3) is 38.5. The van der Waals surface area contributed by atoms with Crippen LogP contribution in [0.4, 0.5) is 0 Å². The Balaban J connectivity index is 4.19. The first-order valence-corrected chi connectivity index (χ1v) is 21.5. The molecule has 3 atom stereocenters. The summed E-state index contributed by atoms with van der Waals surface area (Å²) in [4.78, 5) is 0. The van der Waals surface area contributed by atoms with Crippen molar-refractivity contribution >= 4 is 0 Å². The molecule has 0 bridgehead atoms. The molecule has 0 aromatic rings. The Bertz CT molecular complexity index is 544. The number of hydrogen-bond donors (Lipinski definition) is 4. The van der Waals surface area contributed by atoms with Gasteiger partial charge in [0.05, 0.1) is 18.3 Å². The molecule has 284 valence electrons. The molecule has 0 aromatic carbocycles. The zero-order chi connectivity index (χ0) is 34.5. The van der Waals surface area contributed by atoms with Crippen LogP contribution in [0.3, 0.4) is 0 Å². The third-order valence-electron chi connectivity index (χ3n) is 10.0. The summed E-state index contributed by atoms with van der Waals surface area (Å²) in [6.45, 7) is 8.61. The largest absolute Gasteiger partial charge is 0.393 e. The zero-order valence-corrected chi connectivity index (χ0v) is 32.5. The first kappa shape index (κ1) is 46.8. The number of nitrogens with zero attached hydrogens (tertiary/aromatic N) is 1. The predicted molar refractivity (Wildman–Crippen MR) is 207 cm³/mol. The molecule has 5 heteroatoms. The Morgan fingerprint density at radius 3 is 0.979 bits per heavy atom. The second kappa shape index (κ2) is 38.6. The lowest BCUT2D eigenvalue weighted by Gasteiger charge is -2.28. The van der Waals surface area contributed by atoms with E-state index >= 15 is 0 Å². The van der Waals surface area contributed by atoms with Gasteiger partial charge in [0.15, 0.2) is 0 Å². The average molecular weight is 669 g/mol. The fourth-order valence-corrected chi connectivity index (χ4v) is 6.85. The minimum Gasteiger partial charge on any atom is -0.393 e. The third-order valence-corrected chi connectivity index (χ3v) is 10.0. The first-order chi connectivity index (χ1) is 23.0. The van der Waals surface area contributed by atoms with Crippen LogP contribution in [0.1, 0.15) is 233 Å². The van der Waals surface area contributed by atoms with Gasteiger partial charge in [-0.1, -0.05) is 200 Å². The van der Waals surface area contributed by atoms with Crippen LogP contribution >= 0.6 is 0 Å². The minimum absolute atomic E-state index is 0.143. The molecular weight excluding hydrogens is 580 g/mol. The number of rotatable bonds is 40. The average Bonchev–Trinajstić information content (AvgIpc) is 3.04. The van der Waals surface area contributed by atoms with Gasteiger partial charge in [-0.05, 0) is 32.6 Å². The molecule has 0 aliphatic rings. The first-order valence-electron chi connectivity index (χ1n) is 21.5. The van der Waals surface area contributed by atoms with Crippen molar-refractivity contribution in [3.8, 4) is 0 Å². The molecule has 0 rings (SSSR count). The number of unbranched alkanes of at least 4 members (excludes halogenated alkanes) is 27. The summed E-state index contributed by atoms with van der Waals surface area (Å²) in [5.41, 5.74) is 3.59. The molecule has 0 saturated carbocycles. The number of aliphatic hydroxyl groups is 3. The van der Waals surface area contributed by atoms with Gasteiger partial charge in [-0.2, -0.15) is 0 Å². The molecule has 0 spiro atoms. The lowest BCUT2D eigenvalue weighted by Crippen LogP contribution is -2.47. The van der Waals surface area contributed by atoms with Gasteiger partial charge in [-0.15, -0.1) is 0 Å². The van der Waals surface area contributed by atoms with Gasteiger partial charge in [-0.3, -0.25) is 5.43 Å². The lowest BCUT2D eigenvalue weighted by atomic mass is 10.0. The molecule has 0 aliphatic carbocycles. The standard InChI is InChI=1S/C42H88N2O3/c1-4-6-8-10-12-14-19-23-27-31-35-41(46)38-44(39-42(47)36-32-28-24-20-15-13-11-9-7-5-2)43-37-33-29-25-21-17-16-18-22-26-30-34-40(3)45/h40-43,45-47H,4-39H2,1-3H3. The van der Waals surface area contributed by atoms with E-state index in [1.165, 1.54) is 167 Å². The number of aliphatic hydroxyl groups excluding tert-OH is 3. The van der Waals surface area contributed by atoms with Crippen LogP contribution in [0.15, 0.2) is 0 Å². The molecule has 4 N–H and O–H groups in total. The van der Waals surface area contributed by atoms with Crippen molar-refractivity contribution in [3.05, 3.63) is 0 Å². The monoisotopic (exact) mass is 669 g/mol. The van der Waals surface area contributed by atoms with Crippen molar-refractivity contribution in [1.82, 2.24) is 10.4 Å². The van der Waals surface area contributed by atoms with Crippen molar-refractivity contribution in [2.75, 3.05) is 19.6 Å². The summed E-state index contributed by atoms with van der Waals surface area (Å²) >= 11 is 0. The van der Waals surface area contributed by atoms with Crippen molar-refractivity contribution in [2.45, 2.75) is 251 Å². The van der Waals surface area contributed by atoms with Crippen molar-refractivity contribution in [1.29, 1.82) is 0 Å². The maximum Gasteiger partial charge on any atom is 0.0681 e. The second-order valence-electron chi connectivity index (χ2n) is 15.2. The lowest BCUT2D eigenvalue weighted by molar-refractivity contribution is 0.0325. The Kier molecular flexibility index (Phi) is 38.4. The van der Waals surface area contributed by atoms with Crippen LogP contribution in [0, 0.1) is 0 Å². The van der Waals surface area contributed by atoms with Crippen LogP contribution in [0.2, 0.25) is 0 Å². The molecule has 0 heterocycles. The van der Waals surface area contributed by atoms with Crippen molar-refractivity contribution in [3.63, 3.8) is 0 Å². The maximum absolute atomic E-state index is 10.9. The highest BCUT2D eigenvalue weighted by Gasteiger charge is 2.15. The van der Waals surface area contributed by atoms with E-state index in [1.807, 2.05) is 6.92 Å². The summed E-state index contributed by atoms with van der Waals surface area (Å²) < 4.78 is 0. The van der Waals surface area contributed by atoms with E-state index in [1.54, 1.807) is 0 Å². The van der Waals surface area contributed by atoms with E-state index in [0.29, 0.717) is 13.1 Å². The highest BCUT2D eigenvalue weighted by atomic mass is 16.3. The molecular formula is C42H88N2O3. The van der Waals surface area contributed by atoms with Gasteiger partial charge < -0.3 is 15.3 Å². The van der Waals surface area contributed by atoms with Gasteiger partial charge in [-0.25, -0.2) is 5.01 Å². The SMILES string of the molecule is CCCCCCCCCCCCC(O)CN(CC(O)CCCCCCCCCCCC)NCCCCCCCCCCCCC(C)O. The summed E-state index contributed by atoms with van der Waals surface area (Å²) in [6, 6.07) is 0. The molecule has 0 radical (unpaired) electrons. The topological polar surface area (TPSA) is 76.0 Å². The molecule has 0 aromatic heterocycles. The number of hydrazine groups is 1. The van der Waals surface area contributed by atoms with E-state index in [-0.39, 0.29) is 18.3 Å². The maximum atomic E-state index is 10.9. The van der Waals surface area contributed by atoms with Crippen molar-refractivity contribution in [2.24, 2.45) is 0 Å². The van der Waals surface area contributed by atoms with Gasteiger partial charge in [0.25, 0.3) is 0 Å². The van der Waals surface area contributed by atoms with Crippen LogP contribution in [0.5, 0.6) is 0 Å². The van der Waals surface area contributed by atoms with Gasteiger partial charge in [0, 0.05) is 19.6 Å². The molecule has 0 saturated heterocycles. The number of hydrogen-bond acceptors (Lipinski definition) is 5. The van der Waals surface area contributed by atoms with Crippen LogP contribution in [0.25, 0.3) is 0 Å². The summed E-state index contributed by atoms with van der Waals surface area (Å²) in [7, 11) is 0. The minimum atomic E-state index is -0.326. The van der Waals surface area contributed by atoms with E-state index in [9.17, 15) is 15.3 Å². The van der Waals surface area contributed by atoms with Gasteiger partial charge >= 0.3 is 0 Å². The van der Waals surface area contributed by atoms with E-state index < -0.39 is 0 Å². The van der Waals surface area contributed by atoms with Gasteiger partial charge in [0.1, 0.15) is 0 Å². The second-order valence-corrected chi connectivity index (χ2v) is 15.2. The van der Waals surface area contributed by atoms with E-state index in [4.69, 9.17) is 0 Å². The molecule has 47 heavy (non-hydrogen) atoms. The Morgan fingerprint density at radius 2 is 0.660 bits per heavy atom. The number of nitrogens with one attached hydrogen (secondary N) is 1. The summed E-state index contributed by atoms with van der Waals surface area (Å²) in [6.07, 6.45) is 41.1. The van der Waals surface area contributed by atoms with E-state index in [2.05, 4.69) is 24.3 Å². The Morgan fingerprint density at radius 1 is 0.383 bits per heavy atom. The quantitative estimate of drug-likeness (QED) is 0.0386. The van der Waals surface area contributed by atoms with Crippen LogP contribution in [-0.2, 0) is 0 Å². The fourth-order valence-electron chi connectivity index (χ4n) is 6.85. The normalized spacial score (nSPS) is 13.9. The highest BCUT2D eigenvalue weighted by Crippen LogP contribution is 2.15. The Labute approximate surface area is 295 Å². The molecule has 0 amide bonds. The smallest absolute Gasteiger partial charge is 0.0681 e. The Hall–Kier alpha value is -0.200. The molecule has 3 unspecified atom stereocenters. The van der Waals surface area contributed by atoms with Gasteiger partial charge in [0.2, 0.25) is 0 Å². The zero-order valence-electron chi connectivity index (χ0n) is 32.5. The van der Waals surface area contributed by atoms with Crippen molar-refractivity contribution < 1.29 is 15.3 Å². The molecule has 5 nitrogen and oxygen atoms in total. The molecule has 0 fully saturated rings.